The molecule has 2 N–H and O–H groups in total. The zero-order chi connectivity index (χ0) is 17.6. The second kappa shape index (κ2) is 5.60. The van der Waals surface area contributed by atoms with Gasteiger partial charge in [0.15, 0.2) is 11.4 Å². The highest BCUT2D eigenvalue weighted by molar-refractivity contribution is 5.87. The van der Waals surface area contributed by atoms with Crippen LogP contribution in [0.5, 0.6) is 5.75 Å². The van der Waals surface area contributed by atoms with Crippen molar-refractivity contribution in [2.24, 2.45) is 0 Å². The smallest absolute Gasteiger partial charge is 0.355 e. The van der Waals surface area contributed by atoms with Gasteiger partial charge in [0.2, 0.25) is 0 Å². The number of rotatable bonds is 3. The second-order valence-electron chi connectivity index (χ2n) is 5.97. The Kier molecular flexibility index (Phi) is 3.39. The van der Waals surface area contributed by atoms with Crippen molar-refractivity contribution in [3.8, 4) is 17.5 Å². The average molecular weight is 333 g/mol. The first kappa shape index (κ1) is 15.1. The molecule has 0 saturated heterocycles. The molecule has 2 aromatic heterocycles. The summed E-state index contributed by atoms with van der Waals surface area (Å²) in [6.45, 7) is 0. The quantitative estimate of drug-likeness (QED) is 0.787. The molecule has 1 saturated carbocycles. The number of hydrogen-bond acceptors (Lipinski definition) is 6. The van der Waals surface area contributed by atoms with Crippen LogP contribution < -0.4 is 16.2 Å². The summed E-state index contributed by atoms with van der Waals surface area (Å²) < 4.78 is 6.74. The molecule has 124 valence electrons. The first-order valence-electron chi connectivity index (χ1n) is 7.90. The predicted octanol–water partition coefficient (Wildman–Crippen LogP) is 2.12. The predicted molar refractivity (Wildman–Crippen MR) is 92.8 cm³/mol. The number of hydrogen-bond donors (Lipinski definition) is 1. The van der Waals surface area contributed by atoms with Gasteiger partial charge in [0.1, 0.15) is 11.9 Å². The molecule has 1 aliphatic carbocycles. The van der Waals surface area contributed by atoms with Gasteiger partial charge in [-0.25, -0.2) is 14.3 Å². The summed E-state index contributed by atoms with van der Waals surface area (Å²) in [7, 11) is 1.46. The number of anilines is 1. The summed E-state index contributed by atoms with van der Waals surface area (Å²) in [5, 5.41) is 9.90. The highest BCUT2D eigenvalue weighted by Crippen LogP contribution is 2.39. The van der Waals surface area contributed by atoms with E-state index in [2.05, 4.69) is 16.0 Å². The van der Waals surface area contributed by atoms with Crippen molar-refractivity contribution in [3.05, 3.63) is 52.1 Å². The lowest BCUT2D eigenvalue weighted by atomic mass is 10.1. The van der Waals surface area contributed by atoms with Gasteiger partial charge in [0, 0.05) is 11.6 Å². The van der Waals surface area contributed by atoms with E-state index in [0.717, 1.165) is 18.5 Å². The van der Waals surface area contributed by atoms with E-state index in [1.807, 2.05) is 12.1 Å². The molecule has 1 aliphatic rings. The van der Waals surface area contributed by atoms with Gasteiger partial charge in [0.05, 0.1) is 23.7 Å². The van der Waals surface area contributed by atoms with Crippen molar-refractivity contribution in [2.75, 3.05) is 12.8 Å². The van der Waals surface area contributed by atoms with Gasteiger partial charge in [-0.15, -0.1) is 0 Å². The number of pyridine rings is 1. The van der Waals surface area contributed by atoms with Crippen LogP contribution in [0.2, 0.25) is 0 Å². The Balaban J connectivity index is 2.10. The zero-order valence-electron chi connectivity index (χ0n) is 13.6. The van der Waals surface area contributed by atoms with E-state index in [4.69, 9.17) is 10.5 Å². The molecule has 0 atom stereocenters. The highest BCUT2D eigenvalue weighted by atomic mass is 16.5. The van der Waals surface area contributed by atoms with Crippen LogP contribution >= 0.6 is 0 Å². The molecule has 0 unspecified atom stereocenters. The van der Waals surface area contributed by atoms with Gasteiger partial charge in [-0.05, 0) is 37.1 Å². The van der Waals surface area contributed by atoms with E-state index >= 15 is 0 Å². The molecular weight excluding hydrogens is 318 g/mol. The number of nitriles is 1. The maximum absolute atomic E-state index is 12.6. The molecule has 25 heavy (non-hydrogen) atoms. The van der Waals surface area contributed by atoms with Gasteiger partial charge in [-0.1, -0.05) is 6.07 Å². The molecule has 0 bridgehead atoms. The summed E-state index contributed by atoms with van der Waals surface area (Å²) in [4.78, 5) is 21.2. The van der Waals surface area contributed by atoms with Crippen molar-refractivity contribution in [1.82, 2.24) is 14.5 Å². The molecule has 1 fully saturated rings. The first-order chi connectivity index (χ1) is 12.1. The number of nitrogens with two attached hydrogens (primary N) is 1. The lowest BCUT2D eigenvalue weighted by Gasteiger charge is -2.15. The standard InChI is InChI=1S/C18H15N5O2/c1-25-15-11(9-19)3-2-4-14(15)23-17-12(16(20)22-18(23)24)7-8-13(21-17)10-5-6-10/h2-4,7-8,10H,5-6H2,1H3,(H2,20,22,24). The lowest BCUT2D eigenvalue weighted by molar-refractivity contribution is 0.411. The molecule has 0 amide bonds. The van der Waals surface area contributed by atoms with Crippen LogP contribution in [0.3, 0.4) is 0 Å². The van der Waals surface area contributed by atoms with Crippen LogP contribution in [0.15, 0.2) is 35.1 Å². The summed E-state index contributed by atoms with van der Waals surface area (Å²) in [6, 6.07) is 10.9. The van der Waals surface area contributed by atoms with Crippen molar-refractivity contribution < 1.29 is 4.74 Å². The third kappa shape index (κ3) is 2.39. The molecule has 0 radical (unpaired) electrons. The molecule has 7 nitrogen and oxygen atoms in total. The number of ether oxygens (including phenoxy) is 1. The average Bonchev–Trinajstić information content (AvgIpc) is 3.46. The fraction of sp³-hybridized carbons (Fsp3) is 0.222. The fourth-order valence-corrected chi connectivity index (χ4v) is 2.96. The molecule has 3 aromatic rings. The normalized spacial score (nSPS) is 13.6. The lowest BCUT2D eigenvalue weighted by Crippen LogP contribution is -2.24. The number of aromatic nitrogens is 3. The number of fused-ring (bicyclic) bond motifs is 1. The third-order valence-corrected chi connectivity index (χ3v) is 4.35. The number of para-hydroxylation sites is 1. The van der Waals surface area contributed by atoms with Gasteiger partial charge in [0.25, 0.3) is 0 Å². The SMILES string of the molecule is COc1c(C#N)cccc1-n1c(=O)nc(N)c2ccc(C3CC3)nc21. The molecule has 0 aliphatic heterocycles. The topological polar surface area (TPSA) is 107 Å². The Labute approximate surface area is 143 Å². The first-order valence-corrected chi connectivity index (χ1v) is 7.90. The number of benzene rings is 1. The monoisotopic (exact) mass is 333 g/mol. The van der Waals surface area contributed by atoms with E-state index in [0.29, 0.717) is 34.0 Å². The van der Waals surface area contributed by atoms with Crippen LogP contribution in [-0.4, -0.2) is 21.6 Å². The van der Waals surface area contributed by atoms with E-state index in [-0.39, 0.29) is 5.82 Å². The van der Waals surface area contributed by atoms with E-state index in [9.17, 15) is 10.1 Å². The molecular formula is C18H15N5O2. The summed E-state index contributed by atoms with van der Waals surface area (Å²) in [5.41, 5.74) is 7.48. The number of methoxy groups -OCH3 is 1. The molecule has 2 heterocycles. The van der Waals surface area contributed by atoms with Crippen molar-refractivity contribution in [2.45, 2.75) is 18.8 Å². The highest BCUT2D eigenvalue weighted by Gasteiger charge is 2.26. The van der Waals surface area contributed by atoms with Crippen molar-refractivity contribution in [3.63, 3.8) is 0 Å². The summed E-state index contributed by atoms with van der Waals surface area (Å²) in [6.07, 6.45) is 2.19. The van der Waals surface area contributed by atoms with Gasteiger partial charge in [-0.2, -0.15) is 10.2 Å². The third-order valence-electron chi connectivity index (χ3n) is 4.35. The summed E-state index contributed by atoms with van der Waals surface area (Å²) in [5.74, 6) is 0.870. The minimum absolute atomic E-state index is 0.140. The van der Waals surface area contributed by atoms with Gasteiger partial charge in [-0.3, -0.25) is 0 Å². The van der Waals surface area contributed by atoms with Crippen molar-refractivity contribution in [1.29, 1.82) is 5.26 Å². The van der Waals surface area contributed by atoms with Crippen LogP contribution in [-0.2, 0) is 0 Å². The maximum Gasteiger partial charge on any atom is 0.355 e. The molecule has 4 rings (SSSR count). The Morgan fingerprint density at radius 1 is 1.28 bits per heavy atom. The number of nitrogens with zero attached hydrogens (tertiary/aromatic N) is 4. The minimum Gasteiger partial charge on any atom is -0.493 e. The largest absolute Gasteiger partial charge is 0.493 e. The summed E-state index contributed by atoms with van der Waals surface area (Å²) >= 11 is 0. The second-order valence-corrected chi connectivity index (χ2v) is 5.97. The molecule has 1 aromatic carbocycles. The van der Waals surface area contributed by atoms with E-state index < -0.39 is 5.69 Å². The van der Waals surface area contributed by atoms with Crippen LogP contribution in [0.25, 0.3) is 16.7 Å². The Hall–Kier alpha value is -3.40. The molecule has 0 spiro atoms. The Morgan fingerprint density at radius 3 is 2.76 bits per heavy atom. The minimum atomic E-state index is -0.557. The van der Waals surface area contributed by atoms with E-state index in [1.165, 1.54) is 11.7 Å². The van der Waals surface area contributed by atoms with Crippen LogP contribution in [0.1, 0.15) is 30.0 Å². The fourth-order valence-electron chi connectivity index (χ4n) is 2.96. The Bertz CT molecular complexity index is 1090. The zero-order valence-corrected chi connectivity index (χ0v) is 13.6. The van der Waals surface area contributed by atoms with Crippen LogP contribution in [0.4, 0.5) is 5.82 Å². The number of nitrogen functional groups attached to an aromatic ring is 1. The van der Waals surface area contributed by atoms with E-state index in [1.54, 1.807) is 18.2 Å². The van der Waals surface area contributed by atoms with Gasteiger partial charge >= 0.3 is 5.69 Å². The van der Waals surface area contributed by atoms with Crippen molar-refractivity contribution >= 4 is 16.9 Å². The van der Waals surface area contributed by atoms with Crippen LogP contribution in [0, 0.1) is 11.3 Å². The Morgan fingerprint density at radius 2 is 2.08 bits per heavy atom. The molecule has 7 heteroatoms. The maximum atomic E-state index is 12.6. The van der Waals surface area contributed by atoms with Gasteiger partial charge < -0.3 is 10.5 Å².